The van der Waals surface area contributed by atoms with Crippen molar-refractivity contribution in [2.24, 2.45) is 16.4 Å². The summed E-state index contributed by atoms with van der Waals surface area (Å²) in [7, 11) is 2.54. The predicted molar refractivity (Wildman–Crippen MR) is 129 cm³/mol. The standard InChI is InChI=1S/C26H33N3O5/c1-33-24(31)26(25(32)34-2)14-7-6-12-21-18-22(27-28-23(21)30)13-17-29(16-9-8-15-26)19-20-10-4-3-5-11-20/h3-11,21H,12-19H2,1-2H3,(H,28,30)/b7-6+,9-8+. The van der Waals surface area contributed by atoms with Crippen LogP contribution in [0.5, 0.6) is 0 Å². The van der Waals surface area contributed by atoms with E-state index in [2.05, 4.69) is 27.6 Å². The molecule has 0 fully saturated rings. The Kier molecular flexibility index (Phi) is 9.16. The number of rotatable bonds is 4. The fraction of sp³-hybridized carbons (Fsp3) is 0.462. The van der Waals surface area contributed by atoms with E-state index in [1.807, 2.05) is 36.4 Å². The van der Waals surface area contributed by atoms with Crippen LogP contribution in [0.25, 0.3) is 0 Å². The molecule has 0 spiro atoms. The number of carbonyl (C=O) groups excluding carboxylic acids is 3. The number of hydrazone groups is 1. The highest BCUT2D eigenvalue weighted by atomic mass is 16.5. The van der Waals surface area contributed by atoms with Gasteiger partial charge in [-0.15, -0.1) is 0 Å². The molecule has 8 nitrogen and oxygen atoms in total. The maximum atomic E-state index is 12.7. The van der Waals surface area contributed by atoms with E-state index < -0.39 is 17.4 Å². The second-order valence-corrected chi connectivity index (χ2v) is 8.68. The SMILES string of the molecule is COC(=O)C1(C(=O)OC)C/C=C/CC2CC(=NNC2=O)CCN(Cc2ccccc2)C/C=C/C1. The summed E-state index contributed by atoms with van der Waals surface area (Å²) in [5.74, 6) is -1.62. The Bertz CT molecular complexity index is 938. The molecule has 0 aromatic heterocycles. The number of nitrogens with one attached hydrogen (secondary N) is 1. The first-order valence-corrected chi connectivity index (χ1v) is 11.6. The Hall–Kier alpha value is -3.26. The summed E-state index contributed by atoms with van der Waals surface area (Å²) in [4.78, 5) is 40.1. The third-order valence-electron chi connectivity index (χ3n) is 6.35. The summed E-state index contributed by atoms with van der Waals surface area (Å²) in [5, 5.41) is 4.28. The lowest BCUT2D eigenvalue weighted by Crippen LogP contribution is -2.40. The Morgan fingerprint density at radius 2 is 1.74 bits per heavy atom. The molecule has 2 aliphatic rings. The molecular formula is C26H33N3O5. The first kappa shape index (κ1) is 25.4. The Morgan fingerprint density at radius 3 is 2.41 bits per heavy atom. The van der Waals surface area contributed by atoms with Crippen LogP contribution in [0.2, 0.25) is 0 Å². The average Bonchev–Trinajstić information content (AvgIpc) is 2.87. The number of allylic oxidation sites excluding steroid dienone is 3. The van der Waals surface area contributed by atoms with Gasteiger partial charge >= 0.3 is 11.9 Å². The normalized spacial score (nSPS) is 23.3. The van der Waals surface area contributed by atoms with Crippen LogP contribution < -0.4 is 5.43 Å². The van der Waals surface area contributed by atoms with Gasteiger partial charge in [-0.25, -0.2) is 5.43 Å². The molecule has 1 atom stereocenters. The average molecular weight is 468 g/mol. The maximum Gasteiger partial charge on any atom is 0.323 e. The lowest BCUT2D eigenvalue weighted by atomic mass is 9.80. The van der Waals surface area contributed by atoms with Crippen LogP contribution in [0, 0.1) is 11.3 Å². The van der Waals surface area contributed by atoms with Crippen LogP contribution in [-0.4, -0.2) is 55.8 Å². The van der Waals surface area contributed by atoms with Crippen LogP contribution in [0.4, 0.5) is 0 Å². The number of methoxy groups -OCH3 is 2. The summed E-state index contributed by atoms with van der Waals surface area (Å²) in [6.45, 7) is 2.14. The Morgan fingerprint density at radius 1 is 1.06 bits per heavy atom. The molecule has 1 N–H and O–H groups in total. The van der Waals surface area contributed by atoms with E-state index >= 15 is 0 Å². The van der Waals surface area contributed by atoms with Crippen molar-refractivity contribution in [2.75, 3.05) is 27.3 Å². The fourth-order valence-corrected chi connectivity index (χ4v) is 4.30. The van der Waals surface area contributed by atoms with Crippen LogP contribution >= 0.6 is 0 Å². The minimum absolute atomic E-state index is 0.118. The molecule has 1 aromatic rings. The van der Waals surface area contributed by atoms with E-state index in [1.54, 1.807) is 6.08 Å². The van der Waals surface area contributed by atoms with Gasteiger partial charge in [-0.1, -0.05) is 54.6 Å². The van der Waals surface area contributed by atoms with Crippen LogP contribution in [0.3, 0.4) is 0 Å². The molecule has 34 heavy (non-hydrogen) atoms. The quantitative estimate of drug-likeness (QED) is 0.415. The van der Waals surface area contributed by atoms with Crippen molar-refractivity contribution >= 4 is 23.6 Å². The molecule has 1 unspecified atom stereocenters. The van der Waals surface area contributed by atoms with Crippen molar-refractivity contribution < 1.29 is 23.9 Å². The lowest BCUT2D eigenvalue weighted by Gasteiger charge is -2.26. The van der Waals surface area contributed by atoms with Crippen molar-refractivity contribution in [1.82, 2.24) is 10.3 Å². The van der Waals surface area contributed by atoms with E-state index in [0.29, 0.717) is 19.4 Å². The van der Waals surface area contributed by atoms with Crippen molar-refractivity contribution in [2.45, 2.75) is 38.6 Å². The third-order valence-corrected chi connectivity index (χ3v) is 6.35. The topological polar surface area (TPSA) is 97.3 Å². The van der Waals surface area contributed by atoms with Gasteiger partial charge in [0.15, 0.2) is 5.41 Å². The molecule has 1 amide bonds. The molecule has 2 bridgehead atoms. The highest BCUT2D eigenvalue weighted by molar-refractivity contribution is 6.00. The Balaban J connectivity index is 1.88. The van der Waals surface area contributed by atoms with Gasteiger partial charge < -0.3 is 9.47 Å². The molecule has 2 aliphatic heterocycles. The highest BCUT2D eigenvalue weighted by Gasteiger charge is 2.46. The van der Waals surface area contributed by atoms with Gasteiger partial charge in [-0.05, 0) is 31.2 Å². The number of benzene rings is 1. The molecule has 8 heteroatoms. The number of hydrogen-bond acceptors (Lipinski definition) is 7. The zero-order chi connectivity index (χ0) is 24.4. The smallest absolute Gasteiger partial charge is 0.323 e. The minimum Gasteiger partial charge on any atom is -0.468 e. The molecule has 0 saturated heterocycles. The largest absolute Gasteiger partial charge is 0.468 e. The number of fused-ring (bicyclic) bond motifs is 2. The van der Waals surface area contributed by atoms with Gasteiger partial charge in [0.2, 0.25) is 5.91 Å². The molecule has 0 saturated carbocycles. The predicted octanol–water partition coefficient (Wildman–Crippen LogP) is 3.00. The van der Waals surface area contributed by atoms with Gasteiger partial charge in [-0.3, -0.25) is 19.3 Å². The number of hydrogen-bond donors (Lipinski definition) is 1. The van der Waals surface area contributed by atoms with Crippen LogP contribution in [0.15, 0.2) is 59.7 Å². The van der Waals surface area contributed by atoms with E-state index in [0.717, 1.165) is 25.2 Å². The van der Waals surface area contributed by atoms with Gasteiger partial charge in [-0.2, -0.15) is 5.10 Å². The number of amides is 1. The number of nitrogens with zero attached hydrogens (tertiary/aromatic N) is 2. The number of carbonyl (C=O) groups is 3. The van der Waals surface area contributed by atoms with Crippen LogP contribution in [-0.2, 0) is 30.4 Å². The zero-order valence-electron chi connectivity index (χ0n) is 19.9. The van der Waals surface area contributed by atoms with Crippen LogP contribution in [0.1, 0.15) is 37.7 Å². The molecule has 2 heterocycles. The van der Waals surface area contributed by atoms with Crippen molar-refractivity contribution in [3.63, 3.8) is 0 Å². The molecule has 3 rings (SSSR count). The first-order chi connectivity index (χ1) is 16.5. The molecular weight excluding hydrogens is 434 g/mol. The summed E-state index contributed by atoms with van der Waals surface area (Å²) in [5.41, 5.74) is 3.33. The first-order valence-electron chi connectivity index (χ1n) is 11.6. The third kappa shape index (κ3) is 6.41. The fourth-order valence-electron chi connectivity index (χ4n) is 4.30. The second-order valence-electron chi connectivity index (χ2n) is 8.68. The molecule has 0 aliphatic carbocycles. The zero-order valence-corrected chi connectivity index (χ0v) is 19.9. The highest BCUT2D eigenvalue weighted by Crippen LogP contribution is 2.32. The maximum absolute atomic E-state index is 12.7. The van der Waals surface area contributed by atoms with Crippen molar-refractivity contribution in [3.05, 3.63) is 60.2 Å². The van der Waals surface area contributed by atoms with E-state index in [-0.39, 0.29) is 24.7 Å². The van der Waals surface area contributed by atoms with Gasteiger partial charge in [0.25, 0.3) is 0 Å². The summed E-state index contributed by atoms with van der Waals surface area (Å²) in [6, 6.07) is 10.2. The summed E-state index contributed by atoms with van der Waals surface area (Å²) < 4.78 is 9.98. The molecule has 0 radical (unpaired) electrons. The van der Waals surface area contributed by atoms with Gasteiger partial charge in [0, 0.05) is 37.7 Å². The van der Waals surface area contributed by atoms with E-state index in [4.69, 9.17) is 9.47 Å². The lowest BCUT2D eigenvalue weighted by molar-refractivity contribution is -0.168. The van der Waals surface area contributed by atoms with Gasteiger partial charge in [0.1, 0.15) is 0 Å². The number of esters is 2. The second kappa shape index (κ2) is 12.3. The van der Waals surface area contributed by atoms with E-state index in [1.165, 1.54) is 19.8 Å². The van der Waals surface area contributed by atoms with Gasteiger partial charge in [0.05, 0.1) is 14.2 Å². The van der Waals surface area contributed by atoms with Crippen molar-refractivity contribution in [1.29, 1.82) is 0 Å². The molecule has 182 valence electrons. The van der Waals surface area contributed by atoms with Crippen molar-refractivity contribution in [3.8, 4) is 0 Å². The molecule has 1 aromatic carbocycles. The minimum atomic E-state index is -1.47. The number of ether oxygens (including phenoxy) is 2. The van der Waals surface area contributed by atoms with E-state index in [9.17, 15) is 14.4 Å². The summed E-state index contributed by atoms with van der Waals surface area (Å²) in [6.07, 6.45) is 9.54. The summed E-state index contributed by atoms with van der Waals surface area (Å²) >= 11 is 0. The Labute approximate surface area is 200 Å². The monoisotopic (exact) mass is 467 g/mol.